The standard InChI is InChI=1S/C22H21NO5/c24-20(12-11-16-7-2-1-3-8-16)27-14-6-13-23-21(25)18-15-17-9-4-5-10-19(17)28-22(18)26/h1-5,7-10,15H,6,11-14H2,(H,23,25). The molecule has 2 aromatic carbocycles. The molecule has 1 N–H and O–H groups in total. The minimum atomic E-state index is -0.677. The molecule has 0 spiro atoms. The number of nitrogens with one attached hydrogen (secondary N) is 1. The molecule has 0 aliphatic heterocycles. The maximum Gasteiger partial charge on any atom is 0.349 e. The summed E-state index contributed by atoms with van der Waals surface area (Å²) in [7, 11) is 0. The zero-order valence-electron chi connectivity index (χ0n) is 15.4. The van der Waals surface area contributed by atoms with Crippen LogP contribution in [0.25, 0.3) is 11.0 Å². The first kappa shape index (κ1) is 19.4. The van der Waals surface area contributed by atoms with E-state index in [9.17, 15) is 14.4 Å². The second kappa shape index (κ2) is 9.50. The minimum absolute atomic E-state index is 0.0430. The first-order valence-corrected chi connectivity index (χ1v) is 9.14. The number of carbonyl (C=O) groups is 2. The van der Waals surface area contributed by atoms with Crippen molar-refractivity contribution in [1.29, 1.82) is 0 Å². The van der Waals surface area contributed by atoms with Crippen LogP contribution in [0.4, 0.5) is 0 Å². The zero-order valence-corrected chi connectivity index (χ0v) is 15.4. The monoisotopic (exact) mass is 379 g/mol. The van der Waals surface area contributed by atoms with E-state index < -0.39 is 11.5 Å². The smallest absolute Gasteiger partial charge is 0.349 e. The number of ether oxygens (including phenoxy) is 1. The Kier molecular flexibility index (Phi) is 6.57. The number of esters is 1. The van der Waals surface area contributed by atoms with E-state index in [1.54, 1.807) is 24.3 Å². The van der Waals surface area contributed by atoms with Crippen molar-refractivity contribution >= 4 is 22.8 Å². The Labute approximate surface area is 162 Å². The number of benzene rings is 2. The van der Waals surface area contributed by atoms with Gasteiger partial charge in [-0.3, -0.25) is 9.59 Å². The molecule has 1 heterocycles. The molecule has 1 aromatic heterocycles. The number of hydrogen-bond donors (Lipinski definition) is 1. The summed E-state index contributed by atoms with van der Waals surface area (Å²) in [5.74, 6) is -0.778. The number of rotatable bonds is 8. The van der Waals surface area contributed by atoms with Crippen LogP contribution < -0.4 is 10.9 Å². The molecule has 0 atom stereocenters. The third-order valence-corrected chi connectivity index (χ3v) is 4.22. The van der Waals surface area contributed by atoms with Crippen molar-refractivity contribution in [3.05, 3.63) is 82.2 Å². The lowest BCUT2D eigenvalue weighted by Crippen LogP contribution is -2.29. The Morgan fingerprint density at radius 3 is 2.57 bits per heavy atom. The summed E-state index contributed by atoms with van der Waals surface area (Å²) < 4.78 is 10.3. The Morgan fingerprint density at radius 1 is 1.00 bits per heavy atom. The van der Waals surface area contributed by atoms with Crippen LogP contribution in [0.5, 0.6) is 0 Å². The number of fused-ring (bicyclic) bond motifs is 1. The highest BCUT2D eigenvalue weighted by Crippen LogP contribution is 2.12. The molecular weight excluding hydrogens is 358 g/mol. The van der Waals surface area contributed by atoms with Gasteiger partial charge in [-0.2, -0.15) is 0 Å². The van der Waals surface area contributed by atoms with E-state index in [0.717, 1.165) is 5.56 Å². The highest BCUT2D eigenvalue weighted by Gasteiger charge is 2.13. The maximum atomic E-state index is 12.2. The number of carbonyl (C=O) groups excluding carboxylic acids is 2. The van der Waals surface area contributed by atoms with Gasteiger partial charge in [-0.1, -0.05) is 48.5 Å². The highest BCUT2D eigenvalue weighted by molar-refractivity contribution is 5.96. The third kappa shape index (κ3) is 5.30. The van der Waals surface area contributed by atoms with Gasteiger partial charge in [0.25, 0.3) is 5.91 Å². The Bertz CT molecular complexity index is 1010. The van der Waals surface area contributed by atoms with Crippen molar-refractivity contribution in [3.63, 3.8) is 0 Å². The first-order chi connectivity index (χ1) is 13.6. The molecule has 0 fully saturated rings. The van der Waals surface area contributed by atoms with Gasteiger partial charge >= 0.3 is 11.6 Å². The molecule has 0 bridgehead atoms. The van der Waals surface area contributed by atoms with Crippen LogP contribution in [0.3, 0.4) is 0 Å². The summed E-state index contributed by atoms with van der Waals surface area (Å²) >= 11 is 0. The predicted molar refractivity (Wildman–Crippen MR) is 105 cm³/mol. The molecule has 0 aliphatic rings. The molecule has 0 saturated heterocycles. The van der Waals surface area contributed by atoms with Gasteiger partial charge < -0.3 is 14.5 Å². The van der Waals surface area contributed by atoms with Crippen molar-refractivity contribution < 1.29 is 18.7 Å². The van der Waals surface area contributed by atoms with Gasteiger partial charge in [0.15, 0.2) is 0 Å². The summed E-state index contributed by atoms with van der Waals surface area (Å²) in [6.45, 7) is 0.497. The minimum Gasteiger partial charge on any atom is -0.466 e. The molecule has 3 rings (SSSR count). The molecule has 0 aliphatic carbocycles. The van der Waals surface area contributed by atoms with E-state index in [1.165, 1.54) is 6.07 Å². The van der Waals surface area contributed by atoms with Crippen LogP contribution in [0.2, 0.25) is 0 Å². The van der Waals surface area contributed by atoms with E-state index in [0.29, 0.717) is 30.2 Å². The molecule has 6 nitrogen and oxygen atoms in total. The molecule has 6 heteroatoms. The molecule has 1 amide bonds. The van der Waals surface area contributed by atoms with E-state index in [-0.39, 0.29) is 24.7 Å². The van der Waals surface area contributed by atoms with Crippen LogP contribution in [-0.2, 0) is 16.0 Å². The number of para-hydroxylation sites is 1. The van der Waals surface area contributed by atoms with E-state index in [4.69, 9.17) is 9.15 Å². The maximum absolute atomic E-state index is 12.2. The number of amides is 1. The lowest BCUT2D eigenvalue weighted by Gasteiger charge is -2.07. The number of hydrogen-bond acceptors (Lipinski definition) is 5. The fraction of sp³-hybridized carbons (Fsp3) is 0.227. The van der Waals surface area contributed by atoms with Crippen molar-refractivity contribution in [2.24, 2.45) is 0 Å². The van der Waals surface area contributed by atoms with Crippen LogP contribution in [-0.4, -0.2) is 25.0 Å². The normalized spacial score (nSPS) is 10.6. The van der Waals surface area contributed by atoms with Gasteiger partial charge in [-0.25, -0.2) is 4.79 Å². The molecule has 0 saturated carbocycles. The lowest BCUT2D eigenvalue weighted by atomic mass is 10.1. The van der Waals surface area contributed by atoms with Gasteiger partial charge in [-0.15, -0.1) is 0 Å². The Balaban J connectivity index is 1.39. The molecule has 3 aromatic rings. The molecule has 28 heavy (non-hydrogen) atoms. The predicted octanol–water partition coefficient (Wildman–Crippen LogP) is 3.09. The zero-order chi connectivity index (χ0) is 19.8. The quantitative estimate of drug-likeness (QED) is 0.369. The van der Waals surface area contributed by atoms with Gasteiger partial charge in [0.1, 0.15) is 11.1 Å². The molecule has 144 valence electrons. The fourth-order valence-corrected chi connectivity index (χ4v) is 2.74. The average Bonchev–Trinajstić information content (AvgIpc) is 2.72. The lowest BCUT2D eigenvalue weighted by molar-refractivity contribution is -0.143. The summed E-state index contributed by atoms with van der Waals surface area (Å²) in [5, 5.41) is 3.33. The van der Waals surface area contributed by atoms with Gasteiger partial charge in [0, 0.05) is 18.4 Å². The van der Waals surface area contributed by atoms with Crippen LogP contribution in [0.15, 0.2) is 69.9 Å². The summed E-state index contributed by atoms with van der Waals surface area (Å²) in [4.78, 5) is 35.9. The second-order valence-electron chi connectivity index (χ2n) is 6.30. The van der Waals surface area contributed by atoms with Crippen LogP contribution >= 0.6 is 0 Å². The fourth-order valence-electron chi connectivity index (χ4n) is 2.74. The average molecular weight is 379 g/mol. The second-order valence-corrected chi connectivity index (χ2v) is 6.30. The largest absolute Gasteiger partial charge is 0.466 e. The van der Waals surface area contributed by atoms with Crippen molar-refractivity contribution in [1.82, 2.24) is 5.32 Å². The van der Waals surface area contributed by atoms with Crippen molar-refractivity contribution in [3.8, 4) is 0 Å². The first-order valence-electron chi connectivity index (χ1n) is 9.14. The van der Waals surface area contributed by atoms with Crippen LogP contribution in [0, 0.1) is 0 Å². The van der Waals surface area contributed by atoms with E-state index in [1.807, 2.05) is 30.3 Å². The number of aryl methyl sites for hydroxylation is 1. The van der Waals surface area contributed by atoms with E-state index in [2.05, 4.69) is 5.32 Å². The van der Waals surface area contributed by atoms with E-state index >= 15 is 0 Å². The third-order valence-electron chi connectivity index (χ3n) is 4.22. The highest BCUT2D eigenvalue weighted by atomic mass is 16.5. The van der Waals surface area contributed by atoms with Gasteiger partial charge in [0.2, 0.25) is 0 Å². The van der Waals surface area contributed by atoms with Crippen molar-refractivity contribution in [2.75, 3.05) is 13.2 Å². The van der Waals surface area contributed by atoms with Crippen LogP contribution in [0.1, 0.15) is 28.8 Å². The SMILES string of the molecule is O=C(CCc1ccccc1)OCCCNC(=O)c1cc2ccccc2oc1=O. The summed E-state index contributed by atoms with van der Waals surface area (Å²) in [6.07, 6.45) is 1.41. The molecule has 0 radical (unpaired) electrons. The Hall–Kier alpha value is -3.41. The molecule has 0 unspecified atom stereocenters. The van der Waals surface area contributed by atoms with Gasteiger partial charge in [-0.05, 0) is 30.5 Å². The summed E-state index contributed by atoms with van der Waals surface area (Å²) in [5.41, 5.74) is 0.800. The molecular formula is C22H21NO5. The summed E-state index contributed by atoms with van der Waals surface area (Å²) in [6, 6.07) is 18.2. The Morgan fingerprint density at radius 2 is 1.75 bits per heavy atom. The van der Waals surface area contributed by atoms with Gasteiger partial charge in [0.05, 0.1) is 6.61 Å². The van der Waals surface area contributed by atoms with Crippen molar-refractivity contribution in [2.45, 2.75) is 19.3 Å². The topological polar surface area (TPSA) is 85.6 Å².